The van der Waals surface area contributed by atoms with Crippen molar-refractivity contribution in [2.45, 2.75) is 32.4 Å². The molecular weight excluding hydrogens is 435 g/mol. The van der Waals surface area contributed by atoms with Gasteiger partial charge in [-0.25, -0.2) is 4.68 Å². The molecule has 0 bridgehead atoms. The Hall–Kier alpha value is -2.88. The van der Waals surface area contributed by atoms with Crippen LogP contribution < -0.4 is 0 Å². The van der Waals surface area contributed by atoms with Crippen LogP contribution in [-0.4, -0.2) is 82.1 Å². The SMILES string of the molecule is Cc1c(C(=O)N2CCN(CC(=O)N3CCCCC3)CC2)cnn1-c1cccc(C(F)(F)F)c1. The summed E-state index contributed by atoms with van der Waals surface area (Å²) in [5, 5.41) is 4.17. The summed E-state index contributed by atoms with van der Waals surface area (Å²) in [6.45, 7) is 5.88. The number of alkyl halides is 3. The van der Waals surface area contributed by atoms with Gasteiger partial charge in [0.25, 0.3) is 5.91 Å². The smallest absolute Gasteiger partial charge is 0.342 e. The number of benzene rings is 1. The molecule has 4 rings (SSSR count). The topological polar surface area (TPSA) is 61.7 Å². The maximum Gasteiger partial charge on any atom is 0.416 e. The van der Waals surface area contributed by atoms with Gasteiger partial charge in [0.2, 0.25) is 5.91 Å². The molecule has 178 valence electrons. The van der Waals surface area contributed by atoms with Gasteiger partial charge in [-0.3, -0.25) is 14.5 Å². The van der Waals surface area contributed by atoms with Crippen LogP contribution in [0.5, 0.6) is 0 Å². The second kappa shape index (κ2) is 9.54. The quantitative estimate of drug-likeness (QED) is 0.700. The van der Waals surface area contributed by atoms with Crippen molar-refractivity contribution in [1.82, 2.24) is 24.5 Å². The number of hydrogen-bond acceptors (Lipinski definition) is 4. The fourth-order valence-electron chi connectivity index (χ4n) is 4.41. The predicted molar refractivity (Wildman–Crippen MR) is 116 cm³/mol. The fraction of sp³-hybridized carbons (Fsp3) is 0.522. The van der Waals surface area contributed by atoms with E-state index < -0.39 is 11.7 Å². The average molecular weight is 464 g/mol. The molecule has 1 aromatic heterocycles. The Labute approximate surface area is 190 Å². The third kappa shape index (κ3) is 5.21. The monoisotopic (exact) mass is 463 g/mol. The third-order valence-electron chi connectivity index (χ3n) is 6.39. The van der Waals surface area contributed by atoms with Gasteiger partial charge in [-0.2, -0.15) is 18.3 Å². The minimum absolute atomic E-state index is 0.146. The summed E-state index contributed by atoms with van der Waals surface area (Å²) < 4.78 is 40.5. The van der Waals surface area contributed by atoms with Gasteiger partial charge in [-0.05, 0) is 44.4 Å². The molecule has 2 aliphatic heterocycles. The molecule has 1 aromatic carbocycles. The van der Waals surface area contributed by atoms with Crippen molar-refractivity contribution in [3.8, 4) is 5.69 Å². The summed E-state index contributed by atoms with van der Waals surface area (Å²) in [5.41, 5.74) is 0.340. The molecule has 33 heavy (non-hydrogen) atoms. The Kier molecular flexibility index (Phi) is 6.73. The summed E-state index contributed by atoms with van der Waals surface area (Å²) in [6.07, 6.45) is 0.242. The van der Waals surface area contributed by atoms with Gasteiger partial charge in [0.05, 0.1) is 35.2 Å². The standard InChI is InChI=1S/C23H28F3N5O2/c1-17-20(15-27-31(17)19-7-5-6-18(14-19)23(24,25)26)22(33)30-12-10-28(11-13-30)16-21(32)29-8-3-2-4-9-29/h5-7,14-15H,2-4,8-13,16H2,1H3. The van der Waals surface area contributed by atoms with E-state index in [2.05, 4.69) is 10.00 Å². The van der Waals surface area contributed by atoms with Crippen molar-refractivity contribution in [2.75, 3.05) is 45.8 Å². The van der Waals surface area contributed by atoms with E-state index in [1.807, 2.05) is 4.90 Å². The zero-order valence-electron chi connectivity index (χ0n) is 18.6. The van der Waals surface area contributed by atoms with E-state index in [0.29, 0.717) is 44.0 Å². The number of rotatable bonds is 4. The van der Waals surface area contributed by atoms with E-state index in [4.69, 9.17) is 0 Å². The molecular formula is C23H28F3N5O2. The van der Waals surface area contributed by atoms with Crippen molar-refractivity contribution >= 4 is 11.8 Å². The van der Waals surface area contributed by atoms with Crippen LogP contribution in [-0.2, 0) is 11.0 Å². The van der Waals surface area contributed by atoms with Crippen LogP contribution in [0.4, 0.5) is 13.2 Å². The molecule has 0 unspecified atom stereocenters. The van der Waals surface area contributed by atoms with E-state index in [9.17, 15) is 22.8 Å². The van der Waals surface area contributed by atoms with Crippen LogP contribution >= 0.6 is 0 Å². The Bertz CT molecular complexity index is 1010. The van der Waals surface area contributed by atoms with Crippen molar-refractivity contribution in [1.29, 1.82) is 0 Å². The molecule has 7 nitrogen and oxygen atoms in total. The van der Waals surface area contributed by atoms with Crippen LogP contribution in [0.2, 0.25) is 0 Å². The van der Waals surface area contributed by atoms with Crippen LogP contribution in [0.15, 0.2) is 30.5 Å². The highest BCUT2D eigenvalue weighted by Crippen LogP contribution is 2.30. The van der Waals surface area contributed by atoms with E-state index in [1.54, 1.807) is 11.8 Å². The molecule has 2 aromatic rings. The second-order valence-corrected chi connectivity index (χ2v) is 8.61. The predicted octanol–water partition coefficient (Wildman–Crippen LogP) is 2.97. The Morgan fingerprint density at radius 3 is 2.33 bits per heavy atom. The number of likely N-dealkylation sites (tertiary alicyclic amines) is 1. The number of aromatic nitrogens is 2. The third-order valence-corrected chi connectivity index (χ3v) is 6.39. The van der Waals surface area contributed by atoms with Crippen LogP contribution in [0.3, 0.4) is 0 Å². The molecule has 0 spiro atoms. The van der Waals surface area contributed by atoms with Gasteiger partial charge in [0.15, 0.2) is 0 Å². The maximum absolute atomic E-state index is 13.1. The lowest BCUT2D eigenvalue weighted by atomic mass is 10.1. The normalized spacial score (nSPS) is 17.9. The number of amides is 2. The number of halogens is 3. The first kappa shape index (κ1) is 23.3. The van der Waals surface area contributed by atoms with Gasteiger partial charge in [-0.15, -0.1) is 0 Å². The van der Waals surface area contributed by atoms with E-state index in [0.717, 1.165) is 38.1 Å². The number of carbonyl (C=O) groups excluding carboxylic acids is 2. The summed E-state index contributed by atoms with van der Waals surface area (Å²) in [6, 6.07) is 4.88. The molecule has 3 heterocycles. The van der Waals surface area contributed by atoms with E-state index in [-0.39, 0.29) is 17.5 Å². The molecule has 2 aliphatic rings. The van der Waals surface area contributed by atoms with Gasteiger partial charge >= 0.3 is 6.18 Å². The fourth-order valence-corrected chi connectivity index (χ4v) is 4.41. The number of nitrogens with zero attached hydrogens (tertiary/aromatic N) is 5. The minimum Gasteiger partial charge on any atom is -0.342 e. The highest BCUT2D eigenvalue weighted by atomic mass is 19.4. The van der Waals surface area contributed by atoms with Crippen molar-refractivity contribution in [3.05, 3.63) is 47.3 Å². The number of hydrogen-bond donors (Lipinski definition) is 0. The first-order valence-electron chi connectivity index (χ1n) is 11.3. The highest BCUT2D eigenvalue weighted by Gasteiger charge is 2.31. The molecule has 2 saturated heterocycles. The molecule has 10 heteroatoms. The van der Waals surface area contributed by atoms with Crippen molar-refractivity contribution in [3.63, 3.8) is 0 Å². The summed E-state index contributed by atoms with van der Waals surface area (Å²) in [4.78, 5) is 31.3. The molecule has 2 fully saturated rings. The Morgan fingerprint density at radius 1 is 0.970 bits per heavy atom. The van der Waals surface area contributed by atoms with Crippen LogP contribution in [0.25, 0.3) is 5.69 Å². The zero-order valence-corrected chi connectivity index (χ0v) is 18.6. The zero-order chi connectivity index (χ0) is 23.6. The lowest BCUT2D eigenvalue weighted by Gasteiger charge is -2.36. The molecule has 0 atom stereocenters. The molecule has 2 amide bonds. The van der Waals surface area contributed by atoms with E-state index in [1.165, 1.54) is 29.4 Å². The highest BCUT2D eigenvalue weighted by molar-refractivity contribution is 5.95. The minimum atomic E-state index is -4.45. The summed E-state index contributed by atoms with van der Waals surface area (Å²) in [7, 11) is 0. The molecule has 0 N–H and O–H groups in total. The maximum atomic E-state index is 13.1. The van der Waals surface area contributed by atoms with Gasteiger partial charge in [-0.1, -0.05) is 6.07 Å². The van der Waals surface area contributed by atoms with Crippen molar-refractivity contribution < 1.29 is 22.8 Å². The van der Waals surface area contributed by atoms with E-state index >= 15 is 0 Å². The number of carbonyl (C=O) groups is 2. The Balaban J connectivity index is 1.38. The largest absolute Gasteiger partial charge is 0.416 e. The van der Waals surface area contributed by atoms with Gasteiger partial charge in [0.1, 0.15) is 0 Å². The van der Waals surface area contributed by atoms with Crippen LogP contribution in [0, 0.1) is 6.92 Å². The average Bonchev–Trinajstić information content (AvgIpc) is 3.20. The molecule has 0 aliphatic carbocycles. The summed E-state index contributed by atoms with van der Waals surface area (Å²) in [5.74, 6) is -0.0552. The number of piperidine rings is 1. The van der Waals surface area contributed by atoms with Gasteiger partial charge in [0, 0.05) is 39.3 Å². The first-order chi connectivity index (χ1) is 15.7. The van der Waals surface area contributed by atoms with Crippen molar-refractivity contribution in [2.24, 2.45) is 0 Å². The van der Waals surface area contributed by atoms with Gasteiger partial charge < -0.3 is 9.80 Å². The lowest BCUT2D eigenvalue weighted by molar-refractivity contribution is -0.137. The summed E-state index contributed by atoms with van der Waals surface area (Å²) >= 11 is 0. The lowest BCUT2D eigenvalue weighted by Crippen LogP contribution is -2.52. The molecule has 0 radical (unpaired) electrons. The van der Waals surface area contributed by atoms with Crippen LogP contribution in [0.1, 0.15) is 40.9 Å². The second-order valence-electron chi connectivity index (χ2n) is 8.61. The first-order valence-corrected chi connectivity index (χ1v) is 11.3. The Morgan fingerprint density at radius 2 is 1.67 bits per heavy atom. The molecule has 0 saturated carbocycles. The number of piperazine rings is 1.